The molecule has 1 heterocycles. The van der Waals surface area contributed by atoms with Gasteiger partial charge < -0.3 is 10.2 Å². The highest BCUT2D eigenvalue weighted by Gasteiger charge is 2.36. The van der Waals surface area contributed by atoms with Crippen molar-refractivity contribution in [1.82, 2.24) is 10.2 Å². The molecule has 1 saturated carbocycles. The molecular weight excluding hydrogens is 275 g/mol. The van der Waals surface area contributed by atoms with E-state index in [0.29, 0.717) is 12.6 Å². The average molecular weight is 294 g/mol. The lowest BCUT2D eigenvalue weighted by Crippen LogP contribution is -2.51. The minimum atomic E-state index is -0.239. The zero-order valence-electron chi connectivity index (χ0n) is 11.3. The lowest BCUT2D eigenvalue weighted by atomic mass is 10.2. The van der Waals surface area contributed by atoms with Gasteiger partial charge in [-0.2, -0.15) is 11.8 Å². The van der Waals surface area contributed by atoms with Gasteiger partial charge in [0, 0.05) is 30.6 Å². The van der Waals surface area contributed by atoms with Crippen LogP contribution in [0.25, 0.3) is 0 Å². The second-order valence-electron chi connectivity index (χ2n) is 5.41. The Bertz CT molecular complexity index is 487. The van der Waals surface area contributed by atoms with Crippen LogP contribution < -0.4 is 5.32 Å². The second-order valence-corrected chi connectivity index (χ2v) is 6.56. The molecular formula is C15H19FN2OS. The van der Waals surface area contributed by atoms with Crippen LogP contribution >= 0.6 is 11.8 Å². The Morgan fingerprint density at radius 1 is 1.45 bits per heavy atom. The van der Waals surface area contributed by atoms with Crippen molar-refractivity contribution in [2.75, 3.05) is 18.1 Å². The standard InChI is InChI=1S/C15H19FN2OS/c16-12-3-1-2-11(8-12)9-18(13-4-5-13)15(19)14-10-20-7-6-17-14/h1-3,8,13-14,17H,4-7,9-10H2. The van der Waals surface area contributed by atoms with E-state index in [9.17, 15) is 9.18 Å². The van der Waals surface area contributed by atoms with Crippen molar-refractivity contribution >= 4 is 17.7 Å². The van der Waals surface area contributed by atoms with Crippen molar-refractivity contribution in [2.24, 2.45) is 0 Å². The van der Waals surface area contributed by atoms with Crippen molar-refractivity contribution in [2.45, 2.75) is 31.5 Å². The molecule has 2 fully saturated rings. The lowest BCUT2D eigenvalue weighted by Gasteiger charge is -2.30. The fourth-order valence-electron chi connectivity index (χ4n) is 2.53. The Labute approximate surface area is 122 Å². The molecule has 20 heavy (non-hydrogen) atoms. The van der Waals surface area contributed by atoms with E-state index in [-0.39, 0.29) is 17.8 Å². The summed E-state index contributed by atoms with van der Waals surface area (Å²) in [4.78, 5) is 14.6. The molecule has 3 nitrogen and oxygen atoms in total. The summed E-state index contributed by atoms with van der Waals surface area (Å²) < 4.78 is 13.3. The number of carbonyl (C=O) groups is 1. The Hall–Kier alpha value is -1.07. The molecule has 3 rings (SSSR count). The third kappa shape index (κ3) is 3.33. The third-order valence-electron chi connectivity index (χ3n) is 3.73. The van der Waals surface area contributed by atoms with E-state index < -0.39 is 0 Å². The maximum Gasteiger partial charge on any atom is 0.241 e. The maximum absolute atomic E-state index is 13.3. The number of rotatable bonds is 4. The summed E-state index contributed by atoms with van der Waals surface area (Å²) in [6.07, 6.45) is 2.14. The quantitative estimate of drug-likeness (QED) is 0.922. The molecule has 1 unspecified atom stereocenters. The number of benzene rings is 1. The monoisotopic (exact) mass is 294 g/mol. The van der Waals surface area contributed by atoms with Crippen LogP contribution in [0.4, 0.5) is 4.39 Å². The van der Waals surface area contributed by atoms with Gasteiger partial charge in [-0.25, -0.2) is 4.39 Å². The van der Waals surface area contributed by atoms with Crippen molar-refractivity contribution < 1.29 is 9.18 Å². The van der Waals surface area contributed by atoms with Crippen LogP contribution in [-0.2, 0) is 11.3 Å². The van der Waals surface area contributed by atoms with E-state index in [0.717, 1.165) is 36.5 Å². The van der Waals surface area contributed by atoms with Crippen LogP contribution in [0.3, 0.4) is 0 Å². The zero-order valence-corrected chi connectivity index (χ0v) is 12.2. The molecule has 0 radical (unpaired) electrons. The first kappa shape index (κ1) is 13.9. The van der Waals surface area contributed by atoms with E-state index in [1.807, 2.05) is 22.7 Å². The summed E-state index contributed by atoms with van der Waals surface area (Å²) in [6, 6.07) is 6.81. The minimum Gasteiger partial charge on any atom is -0.334 e. The van der Waals surface area contributed by atoms with Gasteiger partial charge in [-0.3, -0.25) is 4.79 Å². The highest BCUT2D eigenvalue weighted by atomic mass is 32.2. The van der Waals surface area contributed by atoms with Gasteiger partial charge in [-0.15, -0.1) is 0 Å². The van der Waals surface area contributed by atoms with Crippen LogP contribution in [0, 0.1) is 5.82 Å². The van der Waals surface area contributed by atoms with Gasteiger partial charge in [0.1, 0.15) is 5.82 Å². The number of hydrogen-bond donors (Lipinski definition) is 1. The van der Waals surface area contributed by atoms with Crippen molar-refractivity contribution in [3.05, 3.63) is 35.6 Å². The lowest BCUT2D eigenvalue weighted by molar-refractivity contribution is -0.134. The molecule has 1 aliphatic heterocycles. The van der Waals surface area contributed by atoms with Gasteiger partial charge >= 0.3 is 0 Å². The number of hydrogen-bond acceptors (Lipinski definition) is 3. The number of nitrogens with zero attached hydrogens (tertiary/aromatic N) is 1. The van der Waals surface area contributed by atoms with Gasteiger partial charge in [-0.1, -0.05) is 12.1 Å². The summed E-state index contributed by atoms with van der Waals surface area (Å²) in [7, 11) is 0. The Morgan fingerprint density at radius 2 is 2.30 bits per heavy atom. The molecule has 1 N–H and O–H groups in total. The van der Waals surface area contributed by atoms with Crippen LogP contribution in [-0.4, -0.2) is 40.9 Å². The largest absolute Gasteiger partial charge is 0.334 e. The third-order valence-corrected chi connectivity index (χ3v) is 4.79. The topological polar surface area (TPSA) is 32.3 Å². The number of carbonyl (C=O) groups excluding carboxylic acids is 1. The molecule has 108 valence electrons. The van der Waals surface area contributed by atoms with Crippen molar-refractivity contribution in [1.29, 1.82) is 0 Å². The molecule has 0 aromatic heterocycles. The normalized spacial score (nSPS) is 22.6. The molecule has 5 heteroatoms. The van der Waals surface area contributed by atoms with Gasteiger partial charge in [-0.05, 0) is 30.5 Å². The smallest absolute Gasteiger partial charge is 0.241 e. The SMILES string of the molecule is O=C(C1CSCCN1)N(Cc1cccc(F)c1)C1CC1. The molecule has 1 aromatic carbocycles. The fraction of sp³-hybridized carbons (Fsp3) is 0.533. The fourth-order valence-corrected chi connectivity index (χ4v) is 3.45. The van der Waals surface area contributed by atoms with Crippen LogP contribution in [0.15, 0.2) is 24.3 Å². The summed E-state index contributed by atoms with van der Waals surface area (Å²) in [5.41, 5.74) is 0.869. The molecule has 1 aliphatic carbocycles. The highest BCUT2D eigenvalue weighted by Crippen LogP contribution is 2.29. The van der Waals surface area contributed by atoms with E-state index >= 15 is 0 Å². The second kappa shape index (κ2) is 6.14. The Morgan fingerprint density at radius 3 is 2.95 bits per heavy atom. The summed E-state index contributed by atoms with van der Waals surface area (Å²) in [6.45, 7) is 1.41. The maximum atomic E-state index is 13.3. The first-order valence-corrected chi connectivity index (χ1v) is 8.25. The molecule has 2 aliphatic rings. The van der Waals surface area contributed by atoms with Crippen LogP contribution in [0.1, 0.15) is 18.4 Å². The number of halogens is 1. The number of thioether (sulfide) groups is 1. The summed E-state index contributed by atoms with van der Waals surface area (Å²) in [5.74, 6) is 1.84. The predicted molar refractivity (Wildman–Crippen MR) is 79.1 cm³/mol. The van der Waals surface area contributed by atoms with E-state index in [4.69, 9.17) is 0 Å². The molecule has 1 atom stereocenters. The van der Waals surface area contributed by atoms with Crippen molar-refractivity contribution in [3.63, 3.8) is 0 Å². The first-order chi connectivity index (χ1) is 9.74. The first-order valence-electron chi connectivity index (χ1n) is 7.10. The Kier molecular flexibility index (Phi) is 4.27. The summed E-state index contributed by atoms with van der Waals surface area (Å²) >= 11 is 1.82. The highest BCUT2D eigenvalue weighted by molar-refractivity contribution is 7.99. The molecule has 1 amide bonds. The minimum absolute atomic E-state index is 0.0806. The molecule has 0 spiro atoms. The van der Waals surface area contributed by atoms with Gasteiger partial charge in [0.2, 0.25) is 5.91 Å². The Balaban J connectivity index is 1.70. The van der Waals surface area contributed by atoms with E-state index in [1.165, 1.54) is 12.1 Å². The van der Waals surface area contributed by atoms with Gasteiger partial charge in [0.05, 0.1) is 6.04 Å². The number of amides is 1. The van der Waals surface area contributed by atoms with E-state index in [1.54, 1.807) is 6.07 Å². The molecule has 1 saturated heterocycles. The van der Waals surface area contributed by atoms with Gasteiger partial charge in [0.25, 0.3) is 0 Å². The number of nitrogens with one attached hydrogen (secondary N) is 1. The van der Waals surface area contributed by atoms with Crippen LogP contribution in [0.2, 0.25) is 0 Å². The van der Waals surface area contributed by atoms with Crippen molar-refractivity contribution in [3.8, 4) is 0 Å². The zero-order chi connectivity index (χ0) is 13.9. The van der Waals surface area contributed by atoms with Crippen LogP contribution in [0.5, 0.6) is 0 Å². The van der Waals surface area contributed by atoms with Gasteiger partial charge in [0.15, 0.2) is 0 Å². The molecule has 0 bridgehead atoms. The predicted octanol–water partition coefficient (Wildman–Crippen LogP) is 2.02. The van der Waals surface area contributed by atoms with E-state index in [2.05, 4.69) is 5.32 Å². The molecule has 1 aromatic rings. The average Bonchev–Trinajstić information content (AvgIpc) is 3.30. The summed E-state index contributed by atoms with van der Waals surface area (Å²) in [5, 5.41) is 3.29.